The Labute approximate surface area is 118 Å². The molecule has 0 atom stereocenters. The third-order valence-corrected chi connectivity index (χ3v) is 4.45. The van der Waals surface area contributed by atoms with Crippen molar-refractivity contribution < 1.29 is 13.9 Å². The molecular formula is C13H12FNO2S2. The first-order chi connectivity index (χ1) is 9.15. The molecule has 0 spiro atoms. The summed E-state index contributed by atoms with van der Waals surface area (Å²) in [6, 6.07) is 6.00. The number of carbonyl (C=O) groups excluding carboxylic acids is 1. The summed E-state index contributed by atoms with van der Waals surface area (Å²) in [6.07, 6.45) is 1.89. The lowest BCUT2D eigenvalue weighted by molar-refractivity contribution is 0.0521. The molecule has 1 aromatic heterocycles. The van der Waals surface area contributed by atoms with E-state index in [0.717, 1.165) is 9.90 Å². The first-order valence-corrected chi connectivity index (χ1v) is 7.67. The summed E-state index contributed by atoms with van der Waals surface area (Å²) in [5, 5.41) is 0. The molecule has 0 aliphatic heterocycles. The zero-order valence-corrected chi connectivity index (χ0v) is 12.1. The molecule has 0 aliphatic carbocycles. The molecule has 2 rings (SSSR count). The Balaban J connectivity index is 2.46. The van der Waals surface area contributed by atoms with Gasteiger partial charge in [-0.15, -0.1) is 11.3 Å². The van der Waals surface area contributed by atoms with E-state index < -0.39 is 5.97 Å². The number of hydrogen-bond acceptors (Lipinski definition) is 5. The van der Waals surface area contributed by atoms with Gasteiger partial charge in [0, 0.05) is 0 Å². The molecular weight excluding hydrogens is 285 g/mol. The lowest BCUT2D eigenvalue weighted by Gasteiger charge is -2.02. The maximum atomic E-state index is 12.9. The van der Waals surface area contributed by atoms with E-state index in [1.165, 1.54) is 35.2 Å². The van der Waals surface area contributed by atoms with E-state index in [1.54, 1.807) is 19.1 Å². The van der Waals surface area contributed by atoms with E-state index in [9.17, 15) is 9.18 Å². The van der Waals surface area contributed by atoms with Crippen LogP contribution in [-0.2, 0) is 4.74 Å². The Morgan fingerprint density at radius 2 is 2.11 bits per heavy atom. The highest BCUT2D eigenvalue weighted by Gasteiger charge is 2.20. The number of esters is 1. The van der Waals surface area contributed by atoms with Gasteiger partial charge in [-0.3, -0.25) is 0 Å². The van der Waals surface area contributed by atoms with Crippen LogP contribution in [0.2, 0.25) is 0 Å². The summed E-state index contributed by atoms with van der Waals surface area (Å²) in [6.45, 7) is 2.05. The van der Waals surface area contributed by atoms with Crippen LogP contribution in [0.4, 0.5) is 4.39 Å². The number of hydrogen-bond donors (Lipinski definition) is 0. The van der Waals surface area contributed by atoms with E-state index in [2.05, 4.69) is 4.98 Å². The standard InChI is InChI=1S/C13H12FNO2S2/c1-3-17-12(16)10-11(19-13(15-10)18-2)8-4-6-9(14)7-5-8/h4-7H,3H2,1-2H3. The van der Waals surface area contributed by atoms with E-state index in [1.807, 2.05) is 6.26 Å². The molecule has 1 aromatic carbocycles. The monoisotopic (exact) mass is 297 g/mol. The molecule has 6 heteroatoms. The molecule has 0 radical (unpaired) electrons. The third kappa shape index (κ3) is 3.13. The lowest BCUT2D eigenvalue weighted by Crippen LogP contribution is -2.06. The first-order valence-electron chi connectivity index (χ1n) is 5.63. The van der Waals surface area contributed by atoms with Crippen LogP contribution >= 0.6 is 23.1 Å². The van der Waals surface area contributed by atoms with Gasteiger partial charge in [0.1, 0.15) is 5.82 Å². The van der Waals surface area contributed by atoms with Crippen molar-refractivity contribution >= 4 is 29.1 Å². The molecule has 0 bridgehead atoms. The van der Waals surface area contributed by atoms with Crippen LogP contribution in [0.15, 0.2) is 28.6 Å². The van der Waals surface area contributed by atoms with Crippen molar-refractivity contribution in [3.05, 3.63) is 35.8 Å². The number of nitrogens with zero attached hydrogens (tertiary/aromatic N) is 1. The van der Waals surface area contributed by atoms with Crippen molar-refractivity contribution in [1.82, 2.24) is 4.98 Å². The average Bonchev–Trinajstić information content (AvgIpc) is 2.84. The highest BCUT2D eigenvalue weighted by molar-refractivity contribution is 8.00. The minimum Gasteiger partial charge on any atom is -0.461 e. The summed E-state index contributed by atoms with van der Waals surface area (Å²) in [7, 11) is 0. The number of thiazole rings is 1. The lowest BCUT2D eigenvalue weighted by atomic mass is 10.1. The average molecular weight is 297 g/mol. The number of thioether (sulfide) groups is 1. The van der Waals surface area contributed by atoms with Crippen LogP contribution in [-0.4, -0.2) is 23.8 Å². The van der Waals surface area contributed by atoms with Crippen molar-refractivity contribution in [2.75, 3.05) is 12.9 Å². The molecule has 0 amide bonds. The molecule has 100 valence electrons. The molecule has 2 aromatic rings. The van der Waals surface area contributed by atoms with Gasteiger partial charge in [0.05, 0.1) is 11.5 Å². The van der Waals surface area contributed by atoms with Crippen LogP contribution in [0, 0.1) is 5.82 Å². The molecule has 0 saturated carbocycles. The molecule has 0 saturated heterocycles. The number of aromatic nitrogens is 1. The quantitative estimate of drug-likeness (QED) is 0.635. The summed E-state index contributed by atoms with van der Waals surface area (Å²) in [5.41, 5.74) is 1.06. The molecule has 0 unspecified atom stereocenters. The second kappa shape index (κ2) is 6.16. The molecule has 0 aliphatic rings. The fourth-order valence-corrected chi connectivity index (χ4v) is 3.08. The van der Waals surface area contributed by atoms with Crippen molar-refractivity contribution in [2.24, 2.45) is 0 Å². The Kier molecular flexibility index (Phi) is 4.55. The van der Waals surface area contributed by atoms with Crippen LogP contribution in [0.1, 0.15) is 17.4 Å². The van der Waals surface area contributed by atoms with Gasteiger partial charge in [0.25, 0.3) is 0 Å². The number of benzene rings is 1. The molecule has 0 fully saturated rings. The van der Waals surface area contributed by atoms with Crippen molar-refractivity contribution in [2.45, 2.75) is 11.3 Å². The predicted octanol–water partition coefficient (Wildman–Crippen LogP) is 3.85. The number of rotatable bonds is 4. The van der Waals surface area contributed by atoms with Gasteiger partial charge in [0.2, 0.25) is 0 Å². The van der Waals surface area contributed by atoms with Crippen LogP contribution in [0.5, 0.6) is 0 Å². The highest BCUT2D eigenvalue weighted by Crippen LogP contribution is 2.34. The van der Waals surface area contributed by atoms with Gasteiger partial charge >= 0.3 is 5.97 Å². The van der Waals surface area contributed by atoms with E-state index in [0.29, 0.717) is 17.2 Å². The van der Waals surface area contributed by atoms with Gasteiger partial charge < -0.3 is 4.74 Å². The van der Waals surface area contributed by atoms with Crippen LogP contribution in [0.3, 0.4) is 0 Å². The first kappa shape index (κ1) is 14.0. The fraction of sp³-hybridized carbons (Fsp3) is 0.231. The predicted molar refractivity (Wildman–Crippen MR) is 75.2 cm³/mol. The molecule has 1 heterocycles. The number of halogens is 1. The summed E-state index contributed by atoms with van der Waals surface area (Å²) in [5.74, 6) is -0.755. The van der Waals surface area contributed by atoms with E-state index in [4.69, 9.17) is 4.74 Å². The SMILES string of the molecule is CCOC(=O)c1nc(SC)sc1-c1ccc(F)cc1. The maximum absolute atomic E-state index is 12.9. The Bertz CT molecular complexity index is 581. The Morgan fingerprint density at radius 3 is 2.68 bits per heavy atom. The third-order valence-electron chi connectivity index (χ3n) is 2.36. The maximum Gasteiger partial charge on any atom is 0.358 e. The minimum absolute atomic E-state index is 0.294. The van der Waals surface area contributed by atoms with Crippen molar-refractivity contribution in [1.29, 1.82) is 0 Å². The topological polar surface area (TPSA) is 39.2 Å². The van der Waals surface area contributed by atoms with Gasteiger partial charge in [-0.2, -0.15) is 0 Å². The molecule has 19 heavy (non-hydrogen) atoms. The summed E-state index contributed by atoms with van der Waals surface area (Å²) < 4.78 is 18.7. The number of ether oxygens (including phenoxy) is 1. The van der Waals surface area contributed by atoms with Gasteiger partial charge in [-0.1, -0.05) is 23.9 Å². The highest BCUT2D eigenvalue weighted by atomic mass is 32.2. The number of carbonyl (C=O) groups is 1. The smallest absolute Gasteiger partial charge is 0.358 e. The Hall–Kier alpha value is -1.40. The van der Waals surface area contributed by atoms with Crippen LogP contribution in [0.25, 0.3) is 10.4 Å². The zero-order valence-electron chi connectivity index (χ0n) is 10.5. The van der Waals surface area contributed by atoms with Crippen molar-refractivity contribution in [3.63, 3.8) is 0 Å². The summed E-state index contributed by atoms with van der Waals surface area (Å²) >= 11 is 2.86. The Morgan fingerprint density at radius 1 is 1.42 bits per heavy atom. The minimum atomic E-state index is -0.446. The normalized spacial score (nSPS) is 10.5. The second-order valence-corrected chi connectivity index (χ2v) is 5.64. The molecule has 3 nitrogen and oxygen atoms in total. The van der Waals surface area contributed by atoms with Crippen molar-refractivity contribution in [3.8, 4) is 10.4 Å². The fourth-order valence-electron chi connectivity index (χ4n) is 1.52. The van der Waals surface area contributed by atoms with Gasteiger partial charge in [-0.25, -0.2) is 14.2 Å². The molecule has 0 N–H and O–H groups in total. The van der Waals surface area contributed by atoms with E-state index >= 15 is 0 Å². The van der Waals surface area contributed by atoms with E-state index in [-0.39, 0.29) is 5.82 Å². The van der Waals surface area contributed by atoms with Crippen LogP contribution < -0.4 is 0 Å². The largest absolute Gasteiger partial charge is 0.461 e. The van der Waals surface area contributed by atoms with Gasteiger partial charge in [-0.05, 0) is 30.9 Å². The second-order valence-electron chi connectivity index (χ2n) is 3.59. The zero-order chi connectivity index (χ0) is 13.8. The summed E-state index contributed by atoms with van der Waals surface area (Å²) in [4.78, 5) is 16.8. The van der Waals surface area contributed by atoms with Gasteiger partial charge in [0.15, 0.2) is 10.0 Å².